The lowest BCUT2D eigenvalue weighted by Crippen LogP contribution is -2.48. The molecule has 0 aromatic heterocycles. The summed E-state index contributed by atoms with van der Waals surface area (Å²) in [5.41, 5.74) is 0. The minimum Gasteiger partial charge on any atom is -0.346 e. The highest BCUT2D eigenvalue weighted by atomic mass is 19.4. The van der Waals surface area contributed by atoms with Crippen LogP contribution < -0.4 is 10.6 Å². The molecule has 3 nitrogen and oxygen atoms in total. The quantitative estimate of drug-likeness (QED) is 0.731. The molecule has 0 saturated carbocycles. The van der Waals surface area contributed by atoms with E-state index in [0.29, 0.717) is 0 Å². The average molecular weight is 254 g/mol. The molecule has 1 amide bonds. The summed E-state index contributed by atoms with van der Waals surface area (Å²) in [5.74, 6) is -0.614. The van der Waals surface area contributed by atoms with E-state index in [1.54, 1.807) is 6.92 Å². The molecule has 0 rings (SSSR count). The number of rotatable bonds is 7. The summed E-state index contributed by atoms with van der Waals surface area (Å²) in [7, 11) is 0. The Labute approximate surface area is 100 Å². The van der Waals surface area contributed by atoms with Gasteiger partial charge in [0.05, 0.1) is 6.04 Å². The van der Waals surface area contributed by atoms with Crippen LogP contribution in [0, 0.1) is 0 Å². The monoisotopic (exact) mass is 254 g/mol. The molecule has 2 atom stereocenters. The third-order valence-electron chi connectivity index (χ3n) is 2.47. The number of halogens is 3. The van der Waals surface area contributed by atoms with Crippen LogP contribution in [0.25, 0.3) is 0 Å². The average Bonchev–Trinajstić information content (AvgIpc) is 2.23. The van der Waals surface area contributed by atoms with E-state index in [9.17, 15) is 18.0 Å². The van der Waals surface area contributed by atoms with Crippen molar-refractivity contribution in [1.82, 2.24) is 10.6 Å². The maximum absolute atomic E-state index is 11.9. The zero-order valence-corrected chi connectivity index (χ0v) is 10.5. The Balaban J connectivity index is 4.03. The zero-order chi connectivity index (χ0) is 13.5. The summed E-state index contributed by atoms with van der Waals surface area (Å²) in [6, 6.07) is -0.430. The molecule has 0 aromatic carbocycles. The van der Waals surface area contributed by atoms with Crippen LogP contribution >= 0.6 is 0 Å². The van der Waals surface area contributed by atoms with Crippen molar-refractivity contribution in [3.63, 3.8) is 0 Å². The van der Waals surface area contributed by atoms with Crippen LogP contribution in [0.4, 0.5) is 13.2 Å². The molecule has 0 heterocycles. The van der Waals surface area contributed by atoms with E-state index in [0.717, 1.165) is 19.3 Å². The molecule has 0 aromatic rings. The lowest BCUT2D eigenvalue weighted by Gasteiger charge is -2.21. The Morgan fingerprint density at radius 1 is 1.29 bits per heavy atom. The molecule has 0 aliphatic heterocycles. The molecule has 0 saturated heterocycles. The van der Waals surface area contributed by atoms with Crippen molar-refractivity contribution < 1.29 is 18.0 Å². The fourth-order valence-electron chi connectivity index (χ4n) is 1.52. The normalized spacial score (nSPS) is 15.4. The molecule has 0 fully saturated rings. The molecule has 2 unspecified atom stereocenters. The van der Waals surface area contributed by atoms with Gasteiger partial charge in [0.15, 0.2) is 0 Å². The van der Waals surface area contributed by atoms with E-state index >= 15 is 0 Å². The van der Waals surface area contributed by atoms with Gasteiger partial charge < -0.3 is 10.6 Å². The first kappa shape index (κ1) is 16.2. The lowest BCUT2D eigenvalue weighted by atomic mass is 10.1. The van der Waals surface area contributed by atoms with Gasteiger partial charge >= 0.3 is 6.18 Å². The van der Waals surface area contributed by atoms with Crippen LogP contribution in [0.5, 0.6) is 0 Å². The van der Waals surface area contributed by atoms with Gasteiger partial charge in [-0.15, -0.1) is 0 Å². The standard InChI is InChI=1S/C11H21F3N2O/c1-4-6-9(5-2)16-8(3)10(17)15-7-11(12,13)14/h8-9,16H,4-7H2,1-3H3,(H,15,17). The van der Waals surface area contributed by atoms with E-state index in [1.165, 1.54) is 0 Å². The summed E-state index contributed by atoms with van der Waals surface area (Å²) in [6.45, 7) is 4.30. The predicted molar refractivity (Wildman–Crippen MR) is 60.6 cm³/mol. The van der Waals surface area contributed by atoms with Gasteiger partial charge in [-0.25, -0.2) is 0 Å². The van der Waals surface area contributed by atoms with E-state index in [2.05, 4.69) is 5.32 Å². The van der Waals surface area contributed by atoms with Crippen molar-refractivity contribution in [2.75, 3.05) is 6.54 Å². The molecule has 102 valence electrons. The van der Waals surface area contributed by atoms with E-state index in [-0.39, 0.29) is 6.04 Å². The first-order chi connectivity index (χ1) is 7.80. The highest BCUT2D eigenvalue weighted by Gasteiger charge is 2.28. The fraction of sp³-hybridized carbons (Fsp3) is 0.909. The van der Waals surface area contributed by atoms with Crippen LogP contribution in [0.2, 0.25) is 0 Å². The van der Waals surface area contributed by atoms with Gasteiger partial charge in [-0.05, 0) is 19.8 Å². The minimum absolute atomic E-state index is 0.173. The van der Waals surface area contributed by atoms with Crippen LogP contribution in [0.15, 0.2) is 0 Å². The van der Waals surface area contributed by atoms with Gasteiger partial charge in [0, 0.05) is 6.04 Å². The highest BCUT2D eigenvalue weighted by Crippen LogP contribution is 2.12. The van der Waals surface area contributed by atoms with Crippen molar-refractivity contribution >= 4 is 5.91 Å². The largest absolute Gasteiger partial charge is 0.405 e. The molecular weight excluding hydrogens is 233 g/mol. The molecule has 0 aliphatic carbocycles. The van der Waals surface area contributed by atoms with Gasteiger partial charge in [-0.2, -0.15) is 13.2 Å². The molecule has 6 heteroatoms. The Morgan fingerprint density at radius 3 is 2.29 bits per heavy atom. The molecule has 0 spiro atoms. The van der Waals surface area contributed by atoms with Crippen LogP contribution in [0.3, 0.4) is 0 Å². The van der Waals surface area contributed by atoms with Crippen LogP contribution in [-0.2, 0) is 4.79 Å². The summed E-state index contributed by atoms with van der Waals surface area (Å²) in [6.07, 6.45) is -1.62. The van der Waals surface area contributed by atoms with Gasteiger partial charge in [0.1, 0.15) is 6.54 Å². The maximum Gasteiger partial charge on any atom is 0.405 e. The van der Waals surface area contributed by atoms with E-state index < -0.39 is 24.7 Å². The second kappa shape index (κ2) is 7.53. The van der Waals surface area contributed by atoms with E-state index in [1.807, 2.05) is 19.2 Å². The van der Waals surface area contributed by atoms with Gasteiger partial charge in [0.25, 0.3) is 0 Å². The Bertz CT molecular complexity index is 231. The van der Waals surface area contributed by atoms with Gasteiger partial charge in [-0.1, -0.05) is 20.3 Å². The lowest BCUT2D eigenvalue weighted by molar-refractivity contribution is -0.139. The topological polar surface area (TPSA) is 41.1 Å². The van der Waals surface area contributed by atoms with Crippen molar-refractivity contribution in [2.24, 2.45) is 0 Å². The molecule has 17 heavy (non-hydrogen) atoms. The zero-order valence-electron chi connectivity index (χ0n) is 10.5. The van der Waals surface area contributed by atoms with Crippen LogP contribution in [0.1, 0.15) is 40.0 Å². The molecule has 0 bridgehead atoms. The molecule has 2 N–H and O–H groups in total. The summed E-state index contributed by atoms with van der Waals surface area (Å²) in [5, 5.41) is 4.89. The number of nitrogens with one attached hydrogen (secondary N) is 2. The van der Waals surface area contributed by atoms with Crippen molar-refractivity contribution in [2.45, 2.75) is 58.3 Å². The number of amides is 1. The summed E-state index contributed by atoms with van der Waals surface area (Å²) < 4.78 is 35.7. The number of carbonyl (C=O) groups excluding carboxylic acids is 1. The number of carbonyl (C=O) groups is 1. The Kier molecular flexibility index (Phi) is 7.18. The minimum atomic E-state index is -4.36. The fourth-order valence-corrected chi connectivity index (χ4v) is 1.52. The Morgan fingerprint density at radius 2 is 1.88 bits per heavy atom. The first-order valence-corrected chi connectivity index (χ1v) is 5.90. The summed E-state index contributed by atoms with van der Waals surface area (Å²) in [4.78, 5) is 11.4. The maximum atomic E-state index is 11.9. The summed E-state index contributed by atoms with van der Waals surface area (Å²) >= 11 is 0. The second-order valence-corrected chi connectivity index (χ2v) is 4.12. The molecule has 0 aliphatic rings. The van der Waals surface area contributed by atoms with Crippen molar-refractivity contribution in [3.05, 3.63) is 0 Å². The molecular formula is C11H21F3N2O. The van der Waals surface area contributed by atoms with Crippen LogP contribution in [-0.4, -0.2) is 30.7 Å². The number of hydrogen-bond donors (Lipinski definition) is 2. The first-order valence-electron chi connectivity index (χ1n) is 5.90. The number of alkyl halides is 3. The van der Waals surface area contributed by atoms with Crippen molar-refractivity contribution in [1.29, 1.82) is 0 Å². The third-order valence-corrected chi connectivity index (χ3v) is 2.47. The SMILES string of the molecule is CCCC(CC)NC(C)C(=O)NCC(F)(F)F. The predicted octanol–water partition coefficient (Wildman–Crippen LogP) is 2.22. The van der Waals surface area contributed by atoms with Gasteiger partial charge in [0.2, 0.25) is 5.91 Å². The van der Waals surface area contributed by atoms with Gasteiger partial charge in [-0.3, -0.25) is 4.79 Å². The highest BCUT2D eigenvalue weighted by molar-refractivity contribution is 5.81. The Hall–Kier alpha value is -0.780. The number of hydrogen-bond acceptors (Lipinski definition) is 2. The van der Waals surface area contributed by atoms with E-state index in [4.69, 9.17) is 0 Å². The smallest absolute Gasteiger partial charge is 0.346 e. The molecule has 0 radical (unpaired) electrons. The third kappa shape index (κ3) is 8.01. The second-order valence-electron chi connectivity index (χ2n) is 4.12. The van der Waals surface area contributed by atoms with Crippen molar-refractivity contribution in [3.8, 4) is 0 Å².